The fraction of sp³-hybridized carbons (Fsp3) is 0.357. The fourth-order valence-electron chi connectivity index (χ4n) is 2.95. The summed E-state index contributed by atoms with van der Waals surface area (Å²) >= 11 is 0. The lowest BCUT2D eigenvalue weighted by atomic mass is 9.92. The smallest absolute Gasteiger partial charge is 0.275 e. The summed E-state index contributed by atoms with van der Waals surface area (Å²) in [6, 6.07) is 3.69. The average Bonchev–Trinajstić information content (AvgIpc) is 2.76. The van der Waals surface area contributed by atoms with Gasteiger partial charge in [0.25, 0.3) is 11.6 Å². The van der Waals surface area contributed by atoms with Crippen LogP contribution in [0.15, 0.2) is 18.2 Å². The van der Waals surface area contributed by atoms with Crippen molar-refractivity contribution in [2.45, 2.75) is 31.8 Å². The molecule has 0 saturated heterocycles. The predicted molar refractivity (Wildman–Crippen MR) is 70.6 cm³/mol. The molecule has 1 saturated carbocycles. The molecule has 1 amide bonds. The van der Waals surface area contributed by atoms with Crippen LogP contribution < -0.4 is 0 Å². The van der Waals surface area contributed by atoms with Gasteiger partial charge in [-0.2, -0.15) is 0 Å². The van der Waals surface area contributed by atoms with E-state index in [1.165, 1.54) is 23.1 Å². The Bertz CT molecular complexity index is 682. The number of fused-ring (bicyclic) bond motifs is 1. The molecule has 1 aliphatic heterocycles. The van der Waals surface area contributed by atoms with Gasteiger partial charge in [0, 0.05) is 12.5 Å². The van der Waals surface area contributed by atoms with E-state index in [1.54, 1.807) is 0 Å². The molecule has 1 unspecified atom stereocenters. The van der Waals surface area contributed by atoms with Crippen LogP contribution in [0, 0.1) is 10.1 Å². The molecule has 0 spiro atoms. The Kier molecular flexibility index (Phi) is 3.04. The topological polar surface area (TPSA) is 97.6 Å². The Morgan fingerprint density at radius 1 is 1.24 bits per heavy atom. The van der Waals surface area contributed by atoms with Crippen LogP contribution in [0.25, 0.3) is 0 Å². The highest BCUT2D eigenvalue weighted by Gasteiger charge is 2.41. The van der Waals surface area contributed by atoms with Crippen molar-refractivity contribution in [1.82, 2.24) is 4.90 Å². The summed E-state index contributed by atoms with van der Waals surface area (Å²) in [5, 5.41) is 11.0. The molecule has 1 aromatic rings. The minimum absolute atomic E-state index is 0.0515. The Morgan fingerprint density at radius 2 is 2.00 bits per heavy atom. The van der Waals surface area contributed by atoms with Crippen molar-refractivity contribution < 1.29 is 19.3 Å². The first-order valence-electron chi connectivity index (χ1n) is 6.60. The maximum absolute atomic E-state index is 12.4. The second kappa shape index (κ2) is 4.76. The van der Waals surface area contributed by atoms with Crippen molar-refractivity contribution in [2.75, 3.05) is 0 Å². The van der Waals surface area contributed by atoms with Gasteiger partial charge in [0.05, 0.1) is 35.1 Å². The van der Waals surface area contributed by atoms with E-state index in [-0.39, 0.29) is 48.1 Å². The third-order valence-electron chi connectivity index (χ3n) is 3.98. The van der Waals surface area contributed by atoms with E-state index in [1.807, 2.05) is 0 Å². The normalized spacial score (nSPS) is 21.6. The predicted octanol–water partition coefficient (Wildman–Crippen LogP) is 1.24. The lowest BCUT2D eigenvalue weighted by Gasteiger charge is -2.28. The maximum atomic E-state index is 12.4. The van der Waals surface area contributed by atoms with Gasteiger partial charge < -0.3 is 4.90 Å². The molecular formula is C14H12N2O5. The van der Waals surface area contributed by atoms with Crippen molar-refractivity contribution >= 4 is 23.2 Å². The molecule has 21 heavy (non-hydrogen) atoms. The highest BCUT2D eigenvalue weighted by Crippen LogP contribution is 2.33. The average molecular weight is 288 g/mol. The SMILES string of the molecule is O=C1CCC(N2Cc3c(cccc3[N+](=O)[O-])C2=O)C(=O)C1. The van der Waals surface area contributed by atoms with Gasteiger partial charge in [-0.15, -0.1) is 0 Å². The molecule has 7 heteroatoms. The van der Waals surface area contributed by atoms with E-state index in [4.69, 9.17) is 0 Å². The summed E-state index contributed by atoms with van der Waals surface area (Å²) in [5.41, 5.74) is 0.508. The third kappa shape index (κ3) is 2.10. The van der Waals surface area contributed by atoms with Crippen molar-refractivity contribution in [2.24, 2.45) is 0 Å². The first kappa shape index (κ1) is 13.4. The number of nitro benzene ring substituents is 1. The molecule has 0 N–H and O–H groups in total. The van der Waals surface area contributed by atoms with Crippen LogP contribution in [-0.4, -0.2) is 33.3 Å². The number of nitrogens with zero attached hydrogens (tertiary/aromatic N) is 2. The van der Waals surface area contributed by atoms with Crippen molar-refractivity contribution in [3.8, 4) is 0 Å². The molecule has 1 fully saturated rings. The maximum Gasteiger partial charge on any atom is 0.275 e. The van der Waals surface area contributed by atoms with E-state index >= 15 is 0 Å². The molecule has 2 aliphatic rings. The van der Waals surface area contributed by atoms with E-state index in [0.29, 0.717) is 12.0 Å². The summed E-state index contributed by atoms with van der Waals surface area (Å²) in [6.07, 6.45) is 0.400. The second-order valence-electron chi connectivity index (χ2n) is 5.23. The minimum Gasteiger partial charge on any atom is -0.324 e. The second-order valence-corrected chi connectivity index (χ2v) is 5.23. The number of Topliss-reactive ketones (excluding diaryl/α,β-unsaturated/α-hetero) is 2. The van der Waals surface area contributed by atoms with Gasteiger partial charge in [-0.25, -0.2) is 0 Å². The zero-order valence-corrected chi connectivity index (χ0v) is 11.1. The zero-order chi connectivity index (χ0) is 15.1. The highest BCUT2D eigenvalue weighted by molar-refractivity contribution is 6.07. The number of amides is 1. The molecule has 1 aliphatic carbocycles. The molecule has 108 valence electrons. The van der Waals surface area contributed by atoms with Gasteiger partial charge in [-0.3, -0.25) is 24.5 Å². The summed E-state index contributed by atoms with van der Waals surface area (Å²) in [6.45, 7) is 0.0515. The molecule has 1 aromatic carbocycles. The van der Waals surface area contributed by atoms with Crippen LogP contribution in [0.1, 0.15) is 35.2 Å². The molecule has 7 nitrogen and oxygen atoms in total. The summed E-state index contributed by atoms with van der Waals surface area (Å²) in [4.78, 5) is 47.4. The number of ketones is 2. The van der Waals surface area contributed by atoms with Crippen molar-refractivity contribution in [3.05, 3.63) is 39.4 Å². The Balaban J connectivity index is 1.94. The Morgan fingerprint density at radius 3 is 2.67 bits per heavy atom. The quantitative estimate of drug-likeness (QED) is 0.463. The number of carbonyl (C=O) groups excluding carboxylic acids is 3. The number of nitro groups is 1. The Labute approximate surface area is 119 Å². The molecule has 0 bridgehead atoms. The zero-order valence-electron chi connectivity index (χ0n) is 11.1. The van der Waals surface area contributed by atoms with Crippen LogP contribution in [-0.2, 0) is 16.1 Å². The molecule has 3 rings (SSSR count). The molecule has 1 heterocycles. The minimum atomic E-state index is -0.651. The standard InChI is InChI=1S/C14H12N2O5/c17-8-4-5-12(13(18)6-8)15-7-10-9(14(15)19)2-1-3-11(10)16(20)21/h1-3,12H,4-7H2. The van der Waals surface area contributed by atoms with Crippen LogP contribution in [0.3, 0.4) is 0 Å². The van der Waals surface area contributed by atoms with Gasteiger partial charge in [0.15, 0.2) is 5.78 Å². The Hall–Kier alpha value is -2.57. The summed E-state index contributed by atoms with van der Waals surface area (Å²) in [5.74, 6) is -0.775. The summed E-state index contributed by atoms with van der Waals surface area (Å²) in [7, 11) is 0. The van der Waals surface area contributed by atoms with Gasteiger partial charge >= 0.3 is 0 Å². The van der Waals surface area contributed by atoms with Gasteiger partial charge in [0.2, 0.25) is 0 Å². The lowest BCUT2D eigenvalue weighted by molar-refractivity contribution is -0.385. The first-order chi connectivity index (χ1) is 9.99. The molecular weight excluding hydrogens is 276 g/mol. The first-order valence-corrected chi connectivity index (χ1v) is 6.60. The van der Waals surface area contributed by atoms with E-state index in [0.717, 1.165) is 0 Å². The van der Waals surface area contributed by atoms with Gasteiger partial charge in [-0.05, 0) is 12.5 Å². The number of benzene rings is 1. The fourth-order valence-corrected chi connectivity index (χ4v) is 2.95. The number of carbonyl (C=O) groups is 3. The van der Waals surface area contributed by atoms with E-state index in [2.05, 4.69) is 0 Å². The number of hydrogen-bond donors (Lipinski definition) is 0. The van der Waals surface area contributed by atoms with Crippen molar-refractivity contribution in [1.29, 1.82) is 0 Å². The largest absolute Gasteiger partial charge is 0.324 e. The third-order valence-corrected chi connectivity index (χ3v) is 3.98. The monoisotopic (exact) mass is 288 g/mol. The number of rotatable bonds is 2. The van der Waals surface area contributed by atoms with Crippen molar-refractivity contribution in [3.63, 3.8) is 0 Å². The van der Waals surface area contributed by atoms with Gasteiger partial charge in [-0.1, -0.05) is 6.07 Å². The lowest BCUT2D eigenvalue weighted by Crippen LogP contribution is -2.44. The van der Waals surface area contributed by atoms with Crippen LogP contribution in [0.4, 0.5) is 5.69 Å². The van der Waals surface area contributed by atoms with Crippen LogP contribution in [0.5, 0.6) is 0 Å². The van der Waals surface area contributed by atoms with Crippen LogP contribution in [0.2, 0.25) is 0 Å². The van der Waals surface area contributed by atoms with E-state index < -0.39 is 11.0 Å². The van der Waals surface area contributed by atoms with E-state index in [9.17, 15) is 24.5 Å². The molecule has 0 aromatic heterocycles. The molecule has 1 atom stereocenters. The van der Waals surface area contributed by atoms with Crippen LogP contribution >= 0.6 is 0 Å². The number of hydrogen-bond acceptors (Lipinski definition) is 5. The van der Waals surface area contributed by atoms with Gasteiger partial charge in [0.1, 0.15) is 5.78 Å². The highest BCUT2D eigenvalue weighted by atomic mass is 16.6. The summed E-state index contributed by atoms with van der Waals surface area (Å²) < 4.78 is 0. The molecule has 0 radical (unpaired) electrons.